The molecular formula is C32H37N3O5. The van der Waals surface area contributed by atoms with Crippen LogP contribution < -0.4 is 14.4 Å². The molecule has 2 fully saturated rings. The van der Waals surface area contributed by atoms with E-state index in [0.29, 0.717) is 37.5 Å². The first-order valence-electron chi connectivity index (χ1n) is 14.0. The first-order valence-corrected chi connectivity index (χ1v) is 14.0. The van der Waals surface area contributed by atoms with Crippen LogP contribution in [0.5, 0.6) is 11.5 Å². The Bertz CT molecular complexity index is 1260. The number of piperazine rings is 1. The number of methoxy groups -OCH3 is 1. The van der Waals surface area contributed by atoms with E-state index in [2.05, 4.69) is 34.1 Å². The zero-order valence-corrected chi connectivity index (χ0v) is 23.0. The maximum atomic E-state index is 13.0. The summed E-state index contributed by atoms with van der Waals surface area (Å²) in [5.41, 5.74) is 3.30. The van der Waals surface area contributed by atoms with Crippen molar-refractivity contribution in [3.8, 4) is 11.5 Å². The summed E-state index contributed by atoms with van der Waals surface area (Å²) in [6.07, 6.45) is 0.449. The van der Waals surface area contributed by atoms with E-state index in [1.54, 1.807) is 7.11 Å². The molecule has 0 aliphatic carbocycles. The van der Waals surface area contributed by atoms with Crippen molar-refractivity contribution in [1.82, 2.24) is 9.80 Å². The molecule has 2 saturated heterocycles. The molecule has 2 heterocycles. The summed E-state index contributed by atoms with van der Waals surface area (Å²) in [6, 6.07) is 26.1. The van der Waals surface area contributed by atoms with Crippen LogP contribution in [-0.2, 0) is 22.6 Å². The van der Waals surface area contributed by atoms with Crippen LogP contribution in [0.4, 0.5) is 10.5 Å². The van der Waals surface area contributed by atoms with Gasteiger partial charge in [0, 0.05) is 38.4 Å². The van der Waals surface area contributed by atoms with Gasteiger partial charge in [-0.2, -0.15) is 0 Å². The Morgan fingerprint density at radius 3 is 2.27 bits per heavy atom. The van der Waals surface area contributed by atoms with Crippen molar-refractivity contribution in [3.05, 3.63) is 90.0 Å². The van der Waals surface area contributed by atoms with Crippen molar-refractivity contribution >= 4 is 17.7 Å². The van der Waals surface area contributed by atoms with Crippen molar-refractivity contribution < 1.29 is 23.8 Å². The Kier molecular flexibility index (Phi) is 9.18. The van der Waals surface area contributed by atoms with Gasteiger partial charge in [0.25, 0.3) is 5.91 Å². The van der Waals surface area contributed by atoms with Crippen molar-refractivity contribution in [2.75, 3.05) is 51.3 Å². The Morgan fingerprint density at radius 2 is 1.55 bits per heavy atom. The lowest BCUT2D eigenvalue weighted by Crippen LogP contribution is -2.47. The molecule has 0 N–H and O–H groups in total. The van der Waals surface area contributed by atoms with Gasteiger partial charge in [-0.25, -0.2) is 9.69 Å². The number of benzene rings is 3. The molecule has 3 aromatic carbocycles. The third-order valence-electron chi connectivity index (χ3n) is 7.52. The third-order valence-corrected chi connectivity index (χ3v) is 7.52. The van der Waals surface area contributed by atoms with Gasteiger partial charge < -0.3 is 19.1 Å². The standard InChI is InChI=1S/C32H37N3O5/c1-38-28-15-13-25(23-30(28)39-24-26-9-4-2-5-10-26)14-16-29-31(36)35(32(37)40-29)18-8-17-33-19-21-34(22-20-33)27-11-6-3-7-12-27/h2-7,9-13,15,23,29H,8,14,16-22,24H2,1H3. The maximum Gasteiger partial charge on any atom is 0.417 e. The highest BCUT2D eigenvalue weighted by atomic mass is 16.6. The average Bonchev–Trinajstić information content (AvgIpc) is 3.28. The van der Waals surface area contributed by atoms with Crippen LogP contribution in [-0.4, -0.2) is 74.3 Å². The van der Waals surface area contributed by atoms with E-state index >= 15 is 0 Å². The molecule has 0 radical (unpaired) electrons. The molecule has 8 heteroatoms. The number of nitrogens with zero attached hydrogens (tertiary/aromatic N) is 3. The highest BCUT2D eigenvalue weighted by Gasteiger charge is 2.39. The molecule has 0 aromatic heterocycles. The summed E-state index contributed by atoms with van der Waals surface area (Å²) in [4.78, 5) is 31.5. The highest BCUT2D eigenvalue weighted by Crippen LogP contribution is 2.30. The van der Waals surface area contributed by atoms with E-state index in [0.717, 1.165) is 50.3 Å². The number of carbonyl (C=O) groups excluding carboxylic acids is 2. The number of imide groups is 1. The number of rotatable bonds is 12. The third kappa shape index (κ3) is 6.93. The second-order valence-corrected chi connectivity index (χ2v) is 10.2. The van der Waals surface area contributed by atoms with Crippen LogP contribution in [0.3, 0.4) is 0 Å². The maximum absolute atomic E-state index is 13.0. The molecule has 5 rings (SSSR count). The van der Waals surface area contributed by atoms with Crippen LogP contribution in [0.1, 0.15) is 24.0 Å². The molecule has 1 atom stereocenters. The van der Waals surface area contributed by atoms with Gasteiger partial charge >= 0.3 is 6.09 Å². The fourth-order valence-electron chi connectivity index (χ4n) is 5.23. The summed E-state index contributed by atoms with van der Waals surface area (Å²) >= 11 is 0. The molecule has 0 spiro atoms. The Balaban J connectivity index is 1.07. The van der Waals surface area contributed by atoms with Crippen LogP contribution in [0.15, 0.2) is 78.9 Å². The predicted molar refractivity (Wildman–Crippen MR) is 154 cm³/mol. The van der Waals surface area contributed by atoms with Crippen molar-refractivity contribution in [1.29, 1.82) is 0 Å². The van der Waals surface area contributed by atoms with Crippen LogP contribution in [0.25, 0.3) is 0 Å². The second kappa shape index (κ2) is 13.3. The van der Waals surface area contributed by atoms with Crippen LogP contribution in [0.2, 0.25) is 0 Å². The number of aryl methyl sites for hydroxylation is 1. The number of para-hydroxylation sites is 1. The Morgan fingerprint density at radius 1 is 0.825 bits per heavy atom. The highest BCUT2D eigenvalue weighted by molar-refractivity contribution is 6.00. The molecule has 40 heavy (non-hydrogen) atoms. The van der Waals surface area contributed by atoms with E-state index < -0.39 is 12.2 Å². The van der Waals surface area contributed by atoms with Crippen LogP contribution >= 0.6 is 0 Å². The number of anilines is 1. The van der Waals surface area contributed by atoms with Crippen molar-refractivity contribution in [2.24, 2.45) is 0 Å². The minimum absolute atomic E-state index is 0.243. The first kappa shape index (κ1) is 27.5. The Hall–Kier alpha value is -4.04. The number of amides is 2. The van der Waals surface area contributed by atoms with Gasteiger partial charge in [-0.3, -0.25) is 9.69 Å². The molecule has 2 amide bonds. The van der Waals surface area contributed by atoms with E-state index in [-0.39, 0.29) is 5.91 Å². The summed E-state index contributed by atoms with van der Waals surface area (Å²) in [5, 5.41) is 0. The lowest BCUT2D eigenvalue weighted by Gasteiger charge is -2.36. The smallest absolute Gasteiger partial charge is 0.417 e. The second-order valence-electron chi connectivity index (χ2n) is 10.2. The molecule has 210 valence electrons. The van der Waals surface area contributed by atoms with E-state index in [1.807, 2.05) is 54.6 Å². The molecule has 2 aliphatic heterocycles. The molecule has 8 nitrogen and oxygen atoms in total. The summed E-state index contributed by atoms with van der Waals surface area (Å²) in [7, 11) is 1.61. The number of cyclic esters (lactones) is 1. The number of carbonyl (C=O) groups is 2. The fraction of sp³-hybridized carbons (Fsp3) is 0.375. The largest absolute Gasteiger partial charge is 0.493 e. The molecule has 2 aliphatic rings. The number of hydrogen-bond acceptors (Lipinski definition) is 7. The molecule has 0 saturated carbocycles. The Labute approximate surface area is 236 Å². The summed E-state index contributed by atoms with van der Waals surface area (Å²) < 4.78 is 16.9. The number of ether oxygens (including phenoxy) is 3. The van der Waals surface area contributed by atoms with Gasteiger partial charge in [-0.05, 0) is 61.2 Å². The zero-order chi connectivity index (χ0) is 27.7. The number of hydrogen-bond donors (Lipinski definition) is 0. The van der Waals surface area contributed by atoms with Crippen molar-refractivity contribution in [3.63, 3.8) is 0 Å². The van der Waals surface area contributed by atoms with Gasteiger partial charge in [0.1, 0.15) is 6.61 Å². The van der Waals surface area contributed by atoms with E-state index in [4.69, 9.17) is 14.2 Å². The van der Waals surface area contributed by atoms with Gasteiger partial charge in [-0.1, -0.05) is 54.6 Å². The first-order chi connectivity index (χ1) is 19.6. The topological polar surface area (TPSA) is 71.6 Å². The minimum Gasteiger partial charge on any atom is -0.493 e. The van der Waals surface area contributed by atoms with Crippen LogP contribution in [0, 0.1) is 0 Å². The zero-order valence-electron chi connectivity index (χ0n) is 23.0. The summed E-state index contributed by atoms with van der Waals surface area (Å²) in [5.74, 6) is 1.05. The molecule has 0 bridgehead atoms. The van der Waals surface area contributed by atoms with Crippen molar-refractivity contribution in [2.45, 2.75) is 32.0 Å². The molecule has 3 aromatic rings. The average molecular weight is 544 g/mol. The monoisotopic (exact) mass is 543 g/mol. The predicted octanol–water partition coefficient (Wildman–Crippen LogP) is 4.77. The minimum atomic E-state index is -0.752. The van der Waals surface area contributed by atoms with Gasteiger partial charge in [0.05, 0.1) is 7.11 Å². The summed E-state index contributed by atoms with van der Waals surface area (Å²) in [6.45, 7) is 5.54. The molecular weight excluding hydrogens is 506 g/mol. The lowest BCUT2D eigenvalue weighted by atomic mass is 10.1. The van der Waals surface area contributed by atoms with E-state index in [1.165, 1.54) is 10.6 Å². The van der Waals surface area contributed by atoms with Gasteiger partial charge in [-0.15, -0.1) is 0 Å². The fourth-order valence-corrected chi connectivity index (χ4v) is 5.23. The van der Waals surface area contributed by atoms with Gasteiger partial charge in [0.15, 0.2) is 17.6 Å². The van der Waals surface area contributed by atoms with Gasteiger partial charge in [0.2, 0.25) is 0 Å². The normalized spacial score (nSPS) is 17.7. The quantitative estimate of drug-likeness (QED) is 0.326. The molecule has 1 unspecified atom stereocenters. The lowest BCUT2D eigenvalue weighted by molar-refractivity contribution is -0.129. The van der Waals surface area contributed by atoms with E-state index in [9.17, 15) is 9.59 Å². The SMILES string of the molecule is COc1ccc(CCC2OC(=O)N(CCCN3CCN(c4ccccc4)CC3)C2=O)cc1OCc1ccccc1.